The summed E-state index contributed by atoms with van der Waals surface area (Å²) >= 11 is 0. The standard InChI is InChI=1S/C20H18FN3O2/c1-14(25)24(18-9-3-5-15-7-4-10-22-19(15)18)12-11-23-20(26)16-6-2-8-17(21)13-16/h2-10,13H,11-12H2,1H3,(H,23,26). The van der Waals surface area contributed by atoms with Crippen molar-refractivity contribution >= 4 is 28.4 Å². The first kappa shape index (κ1) is 17.5. The van der Waals surface area contributed by atoms with Crippen molar-refractivity contribution in [2.75, 3.05) is 18.0 Å². The highest BCUT2D eigenvalue weighted by atomic mass is 19.1. The number of hydrogen-bond acceptors (Lipinski definition) is 3. The second-order valence-electron chi connectivity index (χ2n) is 5.79. The van der Waals surface area contributed by atoms with Crippen LogP contribution in [0.15, 0.2) is 60.8 Å². The number of pyridine rings is 1. The van der Waals surface area contributed by atoms with Gasteiger partial charge in [-0.2, -0.15) is 0 Å². The van der Waals surface area contributed by atoms with Crippen LogP contribution >= 0.6 is 0 Å². The highest BCUT2D eigenvalue weighted by molar-refractivity contribution is 6.01. The van der Waals surface area contributed by atoms with E-state index in [-0.39, 0.29) is 30.5 Å². The van der Waals surface area contributed by atoms with Crippen LogP contribution in [0.25, 0.3) is 10.9 Å². The van der Waals surface area contributed by atoms with Gasteiger partial charge in [-0.1, -0.05) is 24.3 Å². The lowest BCUT2D eigenvalue weighted by Crippen LogP contribution is -2.37. The van der Waals surface area contributed by atoms with E-state index >= 15 is 0 Å². The lowest BCUT2D eigenvalue weighted by atomic mass is 10.1. The third-order valence-electron chi connectivity index (χ3n) is 3.99. The number of rotatable bonds is 5. The molecule has 1 N–H and O–H groups in total. The van der Waals surface area contributed by atoms with Gasteiger partial charge in [0.05, 0.1) is 11.2 Å². The van der Waals surface area contributed by atoms with Crippen LogP contribution in [0.5, 0.6) is 0 Å². The summed E-state index contributed by atoms with van der Waals surface area (Å²) in [5.74, 6) is -1.00. The third kappa shape index (κ3) is 3.85. The number of para-hydroxylation sites is 1. The van der Waals surface area contributed by atoms with Crippen LogP contribution in [0.2, 0.25) is 0 Å². The molecular weight excluding hydrogens is 333 g/mol. The Morgan fingerprint density at radius 1 is 1.12 bits per heavy atom. The van der Waals surface area contributed by atoms with Gasteiger partial charge in [0.1, 0.15) is 5.82 Å². The molecule has 0 spiro atoms. The maximum absolute atomic E-state index is 13.2. The Bertz CT molecular complexity index is 953. The van der Waals surface area contributed by atoms with E-state index in [1.807, 2.05) is 30.3 Å². The number of aromatic nitrogens is 1. The van der Waals surface area contributed by atoms with Crippen molar-refractivity contribution in [2.24, 2.45) is 0 Å². The maximum atomic E-state index is 13.2. The van der Waals surface area contributed by atoms with Gasteiger partial charge in [0, 0.05) is 37.2 Å². The average molecular weight is 351 g/mol. The number of halogens is 1. The molecule has 132 valence electrons. The Labute approximate surface area is 150 Å². The number of nitrogens with one attached hydrogen (secondary N) is 1. The second kappa shape index (κ2) is 7.74. The lowest BCUT2D eigenvalue weighted by molar-refractivity contribution is -0.116. The molecule has 5 nitrogen and oxygen atoms in total. The van der Waals surface area contributed by atoms with Gasteiger partial charge in [-0.05, 0) is 30.3 Å². The van der Waals surface area contributed by atoms with E-state index in [4.69, 9.17) is 0 Å². The van der Waals surface area contributed by atoms with Gasteiger partial charge < -0.3 is 10.2 Å². The van der Waals surface area contributed by atoms with Gasteiger partial charge >= 0.3 is 0 Å². The molecule has 3 rings (SSSR count). The van der Waals surface area contributed by atoms with E-state index in [1.54, 1.807) is 11.1 Å². The summed E-state index contributed by atoms with van der Waals surface area (Å²) in [6.45, 7) is 1.99. The van der Waals surface area contributed by atoms with E-state index in [0.717, 1.165) is 10.9 Å². The van der Waals surface area contributed by atoms with Crippen molar-refractivity contribution in [2.45, 2.75) is 6.92 Å². The van der Waals surface area contributed by atoms with Gasteiger partial charge in [0.15, 0.2) is 0 Å². The van der Waals surface area contributed by atoms with Crippen molar-refractivity contribution in [1.82, 2.24) is 10.3 Å². The molecule has 0 radical (unpaired) electrons. The highest BCUT2D eigenvalue weighted by Crippen LogP contribution is 2.24. The molecule has 1 heterocycles. The highest BCUT2D eigenvalue weighted by Gasteiger charge is 2.15. The molecule has 2 amide bonds. The quantitative estimate of drug-likeness (QED) is 0.768. The minimum Gasteiger partial charge on any atom is -0.350 e. The van der Waals surface area contributed by atoms with Crippen molar-refractivity contribution in [1.29, 1.82) is 0 Å². The number of hydrogen-bond donors (Lipinski definition) is 1. The molecule has 0 aliphatic carbocycles. The second-order valence-corrected chi connectivity index (χ2v) is 5.79. The fourth-order valence-corrected chi connectivity index (χ4v) is 2.77. The molecule has 2 aromatic carbocycles. The predicted octanol–water partition coefficient (Wildman–Crippen LogP) is 3.16. The Balaban J connectivity index is 1.73. The van der Waals surface area contributed by atoms with E-state index in [9.17, 15) is 14.0 Å². The van der Waals surface area contributed by atoms with Crippen LogP contribution in [0.1, 0.15) is 17.3 Å². The smallest absolute Gasteiger partial charge is 0.251 e. The molecule has 3 aromatic rings. The molecule has 0 fully saturated rings. The fraction of sp³-hybridized carbons (Fsp3) is 0.150. The largest absolute Gasteiger partial charge is 0.350 e. The Morgan fingerprint density at radius 2 is 1.88 bits per heavy atom. The van der Waals surface area contributed by atoms with Crippen molar-refractivity contribution < 1.29 is 14.0 Å². The molecule has 26 heavy (non-hydrogen) atoms. The van der Waals surface area contributed by atoms with E-state index in [0.29, 0.717) is 5.69 Å². The molecule has 6 heteroatoms. The van der Waals surface area contributed by atoms with Gasteiger partial charge in [-0.25, -0.2) is 4.39 Å². The van der Waals surface area contributed by atoms with Crippen molar-refractivity contribution in [3.8, 4) is 0 Å². The number of anilines is 1. The number of benzene rings is 2. The molecule has 0 saturated heterocycles. The zero-order valence-corrected chi connectivity index (χ0v) is 14.3. The van der Waals surface area contributed by atoms with Crippen LogP contribution in [-0.4, -0.2) is 29.9 Å². The third-order valence-corrected chi connectivity index (χ3v) is 3.99. The first-order valence-electron chi connectivity index (χ1n) is 8.22. The van der Waals surface area contributed by atoms with Gasteiger partial charge in [-0.15, -0.1) is 0 Å². The number of amides is 2. The topological polar surface area (TPSA) is 62.3 Å². The summed E-state index contributed by atoms with van der Waals surface area (Å²) in [7, 11) is 0. The monoisotopic (exact) mass is 351 g/mol. The summed E-state index contributed by atoms with van der Waals surface area (Å²) in [5.41, 5.74) is 1.66. The van der Waals surface area contributed by atoms with E-state index in [2.05, 4.69) is 10.3 Å². The summed E-state index contributed by atoms with van der Waals surface area (Å²) in [5, 5.41) is 3.64. The van der Waals surface area contributed by atoms with Crippen molar-refractivity contribution in [3.05, 3.63) is 72.2 Å². The molecule has 0 saturated carbocycles. The Kier molecular flexibility index (Phi) is 5.22. The number of carbonyl (C=O) groups is 2. The SMILES string of the molecule is CC(=O)N(CCNC(=O)c1cccc(F)c1)c1cccc2cccnc12. The molecular formula is C20H18FN3O2. The van der Waals surface area contributed by atoms with Gasteiger partial charge in [-0.3, -0.25) is 14.6 Å². The van der Waals surface area contributed by atoms with E-state index in [1.165, 1.54) is 31.2 Å². The molecule has 0 atom stereocenters. The van der Waals surface area contributed by atoms with Crippen LogP contribution in [-0.2, 0) is 4.79 Å². The predicted molar refractivity (Wildman–Crippen MR) is 98.5 cm³/mol. The van der Waals surface area contributed by atoms with Crippen LogP contribution in [0.4, 0.5) is 10.1 Å². The Morgan fingerprint density at radius 3 is 2.65 bits per heavy atom. The van der Waals surface area contributed by atoms with Gasteiger partial charge in [0.25, 0.3) is 5.91 Å². The van der Waals surface area contributed by atoms with Crippen LogP contribution in [0.3, 0.4) is 0 Å². The molecule has 1 aromatic heterocycles. The molecule has 0 unspecified atom stereocenters. The van der Waals surface area contributed by atoms with Crippen molar-refractivity contribution in [3.63, 3.8) is 0 Å². The number of nitrogens with zero attached hydrogens (tertiary/aromatic N) is 2. The van der Waals surface area contributed by atoms with Crippen LogP contribution in [0, 0.1) is 5.82 Å². The number of fused-ring (bicyclic) bond motifs is 1. The normalized spacial score (nSPS) is 10.5. The first-order valence-corrected chi connectivity index (χ1v) is 8.22. The minimum atomic E-state index is -0.468. The molecule has 0 aliphatic rings. The van der Waals surface area contributed by atoms with E-state index < -0.39 is 5.82 Å². The minimum absolute atomic E-state index is 0.150. The summed E-state index contributed by atoms with van der Waals surface area (Å²) in [4.78, 5) is 30.2. The first-order chi connectivity index (χ1) is 12.6. The lowest BCUT2D eigenvalue weighted by Gasteiger charge is -2.22. The van der Waals surface area contributed by atoms with Crippen LogP contribution < -0.4 is 10.2 Å². The number of carbonyl (C=O) groups excluding carboxylic acids is 2. The molecule has 0 aliphatic heterocycles. The summed E-state index contributed by atoms with van der Waals surface area (Å²) in [6, 6.07) is 14.8. The summed E-state index contributed by atoms with van der Waals surface area (Å²) in [6.07, 6.45) is 1.68. The zero-order valence-electron chi connectivity index (χ0n) is 14.3. The zero-order chi connectivity index (χ0) is 18.5. The average Bonchev–Trinajstić information content (AvgIpc) is 2.64. The Hall–Kier alpha value is -3.28. The fourth-order valence-electron chi connectivity index (χ4n) is 2.77. The van der Waals surface area contributed by atoms with Gasteiger partial charge in [0.2, 0.25) is 5.91 Å². The summed E-state index contributed by atoms with van der Waals surface area (Å²) < 4.78 is 13.2. The maximum Gasteiger partial charge on any atom is 0.251 e. The molecule has 0 bridgehead atoms.